The molecule has 0 unspecified atom stereocenters. The van der Waals surface area contributed by atoms with Gasteiger partial charge in [-0.05, 0) is 25.2 Å². The molecular weight excluding hydrogens is 518 g/mol. The number of nitrogens with zero attached hydrogens (tertiary/aromatic N) is 7. The molecule has 1 fully saturated rings. The van der Waals surface area contributed by atoms with Crippen LogP contribution in [0.5, 0.6) is 0 Å². The van der Waals surface area contributed by atoms with Gasteiger partial charge in [-0.3, -0.25) is 29.1 Å². The Morgan fingerprint density at radius 3 is 1.07 bits per heavy atom. The minimum absolute atomic E-state index is 0.320. The highest BCUT2D eigenvalue weighted by Crippen LogP contribution is 2.09. The zero-order valence-electron chi connectivity index (χ0n) is 22.7. The highest BCUT2D eigenvalue weighted by atomic mass is 16.5. The fraction of sp³-hybridized carbons (Fsp3) is 0.444. The first-order valence-electron chi connectivity index (χ1n) is 13.3. The van der Waals surface area contributed by atoms with Gasteiger partial charge in [-0.25, -0.2) is 0 Å². The Kier molecular flexibility index (Phi) is 9.77. The quantitative estimate of drug-likeness (QED) is 0.346. The van der Waals surface area contributed by atoms with E-state index in [1.54, 1.807) is 36.4 Å². The molecule has 1 aliphatic rings. The van der Waals surface area contributed by atoms with E-state index in [4.69, 9.17) is 0 Å². The number of likely N-dealkylation sites (N-methyl/N-ethyl adjacent to an activating group) is 1. The summed E-state index contributed by atoms with van der Waals surface area (Å²) in [6.45, 7) is 6.28. The Labute approximate surface area is 231 Å². The number of aromatic nitrogens is 3. The van der Waals surface area contributed by atoms with Crippen molar-refractivity contribution in [1.82, 2.24) is 33.8 Å². The number of hydrogen-bond acceptors (Lipinski definition) is 10. The molecule has 1 aliphatic heterocycles. The van der Waals surface area contributed by atoms with E-state index in [0.717, 1.165) is 13.1 Å². The van der Waals surface area contributed by atoms with Crippen LogP contribution in [0, 0.1) is 0 Å². The van der Waals surface area contributed by atoms with Gasteiger partial charge in [0.2, 0.25) is 0 Å². The topological polar surface area (TPSA) is 140 Å². The van der Waals surface area contributed by atoms with Crippen molar-refractivity contribution in [2.45, 2.75) is 19.6 Å². The molecule has 0 saturated carbocycles. The first-order valence-corrected chi connectivity index (χ1v) is 13.3. The normalized spacial score (nSPS) is 17.3. The van der Waals surface area contributed by atoms with Gasteiger partial charge in [0.05, 0.1) is 17.1 Å². The minimum atomic E-state index is -0.506. The van der Waals surface area contributed by atoms with Gasteiger partial charge < -0.3 is 20.5 Å². The monoisotopic (exact) mass is 555 g/mol. The minimum Gasteiger partial charge on any atom is -0.425 e. The fourth-order valence-electron chi connectivity index (χ4n) is 4.73. The van der Waals surface area contributed by atoms with Crippen LogP contribution in [0.1, 0.15) is 17.1 Å². The third kappa shape index (κ3) is 7.60. The van der Waals surface area contributed by atoms with Crippen molar-refractivity contribution in [1.29, 1.82) is 0 Å². The lowest BCUT2D eigenvalue weighted by molar-refractivity contribution is 0.105. The second kappa shape index (κ2) is 13.4. The molecule has 13 nitrogen and oxygen atoms in total. The van der Waals surface area contributed by atoms with Crippen molar-refractivity contribution >= 4 is 0 Å². The van der Waals surface area contributed by atoms with E-state index in [1.165, 1.54) is 18.2 Å². The third-order valence-corrected chi connectivity index (χ3v) is 7.24. The fourth-order valence-corrected chi connectivity index (χ4v) is 4.73. The van der Waals surface area contributed by atoms with Crippen LogP contribution in [0.3, 0.4) is 0 Å². The second-order valence-corrected chi connectivity index (χ2v) is 10.1. The highest BCUT2D eigenvalue weighted by molar-refractivity contribution is 5.07. The summed E-state index contributed by atoms with van der Waals surface area (Å²) in [6, 6.07) is 13.9. The number of hydrogen-bond donors (Lipinski definition) is 3. The van der Waals surface area contributed by atoms with Crippen molar-refractivity contribution in [3.8, 4) is 0 Å². The van der Waals surface area contributed by atoms with E-state index >= 15 is 0 Å². The smallest absolute Gasteiger partial charge is 0.283 e. The molecule has 3 N–H and O–H groups in total. The van der Waals surface area contributed by atoms with Gasteiger partial charge >= 0.3 is 0 Å². The standard InChI is InChI=1S/C27H37N7O6/c1-28-11-13-29(19-22-5-2-8-25(35)32(22)38)15-17-31(21-24-7-4-10-27(37)34(24)40)18-16-30(14-12-28)20-23-6-3-9-26(36)33(23)39/h2-10,38-40H,11-21H2,1H3. The molecule has 4 heterocycles. The summed E-state index contributed by atoms with van der Waals surface area (Å²) in [5.41, 5.74) is -0.0369. The lowest BCUT2D eigenvalue weighted by Crippen LogP contribution is -2.45. The van der Waals surface area contributed by atoms with Crippen LogP contribution >= 0.6 is 0 Å². The Hall–Kier alpha value is -3.91. The molecule has 0 radical (unpaired) electrons. The van der Waals surface area contributed by atoms with Gasteiger partial charge in [0, 0.05) is 90.2 Å². The molecule has 4 rings (SSSR count). The van der Waals surface area contributed by atoms with Gasteiger partial charge in [-0.2, -0.15) is 14.2 Å². The molecule has 0 bridgehead atoms. The van der Waals surface area contributed by atoms with E-state index in [9.17, 15) is 30.0 Å². The molecule has 1 saturated heterocycles. The maximum absolute atomic E-state index is 12.0. The van der Waals surface area contributed by atoms with Crippen LogP contribution < -0.4 is 16.7 Å². The predicted octanol–water partition coefficient (Wildman–Crippen LogP) is -0.365. The maximum atomic E-state index is 12.0. The SMILES string of the molecule is CN1CCN(Cc2cccc(=O)n2O)CCN(Cc2cccc(=O)n2O)CCN(Cc2cccc(=O)n2O)CC1. The average molecular weight is 556 g/mol. The average Bonchev–Trinajstić information content (AvgIpc) is 2.93. The van der Waals surface area contributed by atoms with Crippen molar-refractivity contribution in [2.75, 3.05) is 59.4 Å². The summed E-state index contributed by atoms with van der Waals surface area (Å²) in [4.78, 5) is 44.6. The number of pyridine rings is 3. The lowest BCUT2D eigenvalue weighted by atomic mass is 10.2. The van der Waals surface area contributed by atoms with Gasteiger partial charge in [0.15, 0.2) is 0 Å². The van der Waals surface area contributed by atoms with E-state index in [1.807, 2.05) is 7.05 Å². The molecule has 3 aromatic rings. The molecular formula is C27H37N7O6. The Bertz CT molecular complexity index is 1370. The van der Waals surface area contributed by atoms with Crippen LogP contribution in [-0.2, 0) is 19.6 Å². The molecule has 0 amide bonds. The van der Waals surface area contributed by atoms with Crippen molar-refractivity contribution in [3.63, 3.8) is 0 Å². The van der Waals surface area contributed by atoms with E-state index in [-0.39, 0.29) is 0 Å². The summed E-state index contributed by atoms with van der Waals surface area (Å²) >= 11 is 0. The molecule has 0 spiro atoms. The Balaban J connectivity index is 1.55. The van der Waals surface area contributed by atoms with E-state index in [0.29, 0.717) is 90.2 Å². The summed E-state index contributed by atoms with van der Waals surface area (Å²) in [6.07, 6.45) is 0. The van der Waals surface area contributed by atoms with Crippen LogP contribution in [0.15, 0.2) is 69.0 Å². The van der Waals surface area contributed by atoms with Crippen molar-refractivity contribution in [2.24, 2.45) is 0 Å². The molecule has 0 atom stereocenters. The molecule has 3 aromatic heterocycles. The van der Waals surface area contributed by atoms with Gasteiger partial charge in [-0.15, -0.1) is 0 Å². The second-order valence-electron chi connectivity index (χ2n) is 10.1. The highest BCUT2D eigenvalue weighted by Gasteiger charge is 2.19. The summed E-state index contributed by atoms with van der Waals surface area (Å²) in [5.74, 6) is 0. The largest absolute Gasteiger partial charge is 0.425 e. The van der Waals surface area contributed by atoms with Crippen LogP contribution in [0.25, 0.3) is 0 Å². The maximum Gasteiger partial charge on any atom is 0.283 e. The predicted molar refractivity (Wildman–Crippen MR) is 147 cm³/mol. The first-order chi connectivity index (χ1) is 19.2. The van der Waals surface area contributed by atoms with Gasteiger partial charge in [0.1, 0.15) is 0 Å². The Morgan fingerprint density at radius 2 is 0.775 bits per heavy atom. The summed E-state index contributed by atoms with van der Waals surface area (Å²) in [5, 5.41) is 30.8. The van der Waals surface area contributed by atoms with E-state index in [2.05, 4.69) is 19.6 Å². The van der Waals surface area contributed by atoms with Crippen LogP contribution in [0.4, 0.5) is 0 Å². The third-order valence-electron chi connectivity index (χ3n) is 7.24. The summed E-state index contributed by atoms with van der Waals surface area (Å²) < 4.78 is 2.01. The number of rotatable bonds is 6. The molecule has 216 valence electrons. The van der Waals surface area contributed by atoms with Crippen molar-refractivity contribution in [3.05, 3.63) is 103 Å². The molecule has 0 aromatic carbocycles. The zero-order valence-corrected chi connectivity index (χ0v) is 22.7. The summed E-state index contributed by atoms with van der Waals surface area (Å²) in [7, 11) is 2.03. The first kappa shape index (κ1) is 29.1. The van der Waals surface area contributed by atoms with Crippen LogP contribution in [-0.4, -0.2) is 109 Å². The van der Waals surface area contributed by atoms with E-state index < -0.39 is 16.7 Å². The molecule has 40 heavy (non-hydrogen) atoms. The lowest BCUT2D eigenvalue weighted by Gasteiger charge is -2.33. The van der Waals surface area contributed by atoms with Gasteiger partial charge in [-0.1, -0.05) is 18.2 Å². The molecule has 13 heteroatoms. The molecule has 0 aliphatic carbocycles. The Morgan fingerprint density at radius 1 is 0.500 bits per heavy atom. The van der Waals surface area contributed by atoms with Crippen molar-refractivity contribution < 1.29 is 15.6 Å². The van der Waals surface area contributed by atoms with Crippen LogP contribution in [0.2, 0.25) is 0 Å². The van der Waals surface area contributed by atoms with Gasteiger partial charge in [0.25, 0.3) is 16.7 Å². The zero-order chi connectivity index (χ0) is 28.6.